The third kappa shape index (κ3) is 4.25. The lowest BCUT2D eigenvalue weighted by molar-refractivity contribution is -0.114. The van der Waals surface area contributed by atoms with Crippen LogP contribution in [0.25, 0.3) is 5.76 Å². The highest BCUT2D eigenvalue weighted by Gasteiger charge is 2.40. The van der Waals surface area contributed by atoms with Crippen molar-refractivity contribution in [2.24, 2.45) is 0 Å². The van der Waals surface area contributed by atoms with Gasteiger partial charge in [-0.25, -0.2) is 13.2 Å². The number of methoxy groups -OCH3 is 1. The quantitative estimate of drug-likeness (QED) is 0.513. The molecule has 8 heteroatoms. The molecule has 168 valence electrons. The Morgan fingerprint density at radius 1 is 0.879 bits per heavy atom. The van der Waals surface area contributed by atoms with E-state index in [0.717, 1.165) is 4.31 Å². The largest absolute Gasteiger partial charge is 0.497 e. The lowest BCUT2D eigenvalue weighted by Crippen LogP contribution is -2.37. The third-order valence-electron chi connectivity index (χ3n) is 5.19. The fourth-order valence-corrected chi connectivity index (χ4v) is 5.29. The van der Waals surface area contributed by atoms with E-state index in [0.29, 0.717) is 11.3 Å². The van der Waals surface area contributed by atoms with Gasteiger partial charge in [0.2, 0.25) is 0 Å². The van der Waals surface area contributed by atoms with Crippen LogP contribution in [0.1, 0.15) is 28.4 Å². The topological polar surface area (TPSA) is 90.0 Å². The molecule has 0 bridgehead atoms. The first-order chi connectivity index (χ1) is 15.8. The van der Waals surface area contributed by atoms with Gasteiger partial charge in [0.05, 0.1) is 24.1 Å². The van der Waals surface area contributed by atoms with Gasteiger partial charge in [-0.3, -0.25) is 9.10 Å². The number of esters is 1. The number of fused-ring (bicyclic) bond motifs is 1. The average Bonchev–Trinajstić information content (AvgIpc) is 2.82. The Morgan fingerprint density at radius 2 is 1.52 bits per heavy atom. The fourth-order valence-electron chi connectivity index (χ4n) is 3.59. The number of allylic oxidation sites excluding steroid dienone is 1. The maximum absolute atomic E-state index is 13.5. The summed E-state index contributed by atoms with van der Waals surface area (Å²) in [6.45, 7) is 1.16. The fraction of sp³-hybridized carbons (Fsp3) is 0.120. The smallest absolute Gasteiger partial charge is 0.343 e. The van der Waals surface area contributed by atoms with Gasteiger partial charge in [0.25, 0.3) is 10.0 Å². The Hall–Kier alpha value is -3.91. The maximum Gasteiger partial charge on any atom is 0.343 e. The van der Waals surface area contributed by atoms with Gasteiger partial charge >= 0.3 is 5.97 Å². The van der Waals surface area contributed by atoms with Crippen LogP contribution in [0, 0.1) is 0 Å². The van der Waals surface area contributed by atoms with Crippen molar-refractivity contribution in [2.75, 3.05) is 7.11 Å². The van der Waals surface area contributed by atoms with Gasteiger partial charge in [0.1, 0.15) is 11.4 Å². The molecule has 0 amide bonds. The van der Waals surface area contributed by atoms with E-state index >= 15 is 0 Å². The summed E-state index contributed by atoms with van der Waals surface area (Å²) < 4.78 is 38.8. The van der Waals surface area contributed by atoms with Crippen molar-refractivity contribution in [3.63, 3.8) is 0 Å². The van der Waals surface area contributed by atoms with Gasteiger partial charge in [0, 0.05) is 12.5 Å². The Morgan fingerprint density at radius 3 is 2.15 bits per heavy atom. The van der Waals surface area contributed by atoms with Crippen molar-refractivity contribution < 1.29 is 27.5 Å². The van der Waals surface area contributed by atoms with Crippen LogP contribution in [-0.4, -0.2) is 31.6 Å². The predicted molar refractivity (Wildman–Crippen MR) is 122 cm³/mol. The average molecular weight is 464 g/mol. The van der Waals surface area contributed by atoms with E-state index < -0.39 is 21.8 Å². The molecular weight excluding hydrogens is 442 g/mol. The molecule has 0 atom stereocenters. The molecule has 33 heavy (non-hydrogen) atoms. The maximum atomic E-state index is 13.5. The first-order valence-corrected chi connectivity index (χ1v) is 11.5. The van der Waals surface area contributed by atoms with Crippen LogP contribution in [0.5, 0.6) is 5.75 Å². The van der Waals surface area contributed by atoms with Gasteiger partial charge < -0.3 is 9.47 Å². The SMILES string of the molecule is COc1ccc(C(=O)OC2=C(C(C)=O)N(Cc3ccccc3)S(=O)(=O)c3ccccc32)cc1. The van der Waals surface area contributed by atoms with Gasteiger partial charge in [-0.15, -0.1) is 0 Å². The Labute approximate surface area is 191 Å². The number of carbonyl (C=O) groups is 2. The van der Waals surface area contributed by atoms with Crippen molar-refractivity contribution >= 4 is 27.5 Å². The molecule has 0 unspecified atom stereocenters. The second-order valence-electron chi connectivity index (χ2n) is 7.35. The number of nitrogens with zero attached hydrogens (tertiary/aromatic N) is 1. The number of benzene rings is 3. The van der Waals surface area contributed by atoms with Gasteiger partial charge in [-0.1, -0.05) is 42.5 Å². The highest BCUT2D eigenvalue weighted by Crippen LogP contribution is 2.39. The molecule has 0 saturated carbocycles. The molecule has 0 spiro atoms. The van der Waals surface area contributed by atoms with Crippen molar-refractivity contribution in [3.8, 4) is 5.75 Å². The number of carbonyl (C=O) groups excluding carboxylic acids is 2. The molecular formula is C25H21NO6S. The lowest BCUT2D eigenvalue weighted by Gasteiger charge is -2.32. The van der Waals surface area contributed by atoms with Crippen LogP contribution >= 0.6 is 0 Å². The number of hydrogen-bond acceptors (Lipinski definition) is 6. The number of sulfonamides is 1. The summed E-state index contributed by atoms with van der Waals surface area (Å²) in [6.07, 6.45) is 0. The minimum Gasteiger partial charge on any atom is -0.497 e. The van der Waals surface area contributed by atoms with Crippen LogP contribution in [0.4, 0.5) is 0 Å². The number of Topliss-reactive ketones (excluding diaryl/α,β-unsaturated/α-hetero) is 1. The van der Waals surface area contributed by atoms with E-state index in [2.05, 4.69) is 0 Å². The Balaban J connectivity index is 1.85. The lowest BCUT2D eigenvalue weighted by atomic mass is 10.1. The number of rotatable bonds is 6. The van der Waals surface area contributed by atoms with Crippen LogP contribution < -0.4 is 4.74 Å². The Bertz CT molecular complexity index is 1350. The number of hydrogen-bond donors (Lipinski definition) is 0. The molecule has 1 heterocycles. The summed E-state index contributed by atoms with van der Waals surface area (Å²) in [5, 5.41) is 0. The van der Waals surface area contributed by atoms with Crippen molar-refractivity contribution in [1.82, 2.24) is 4.31 Å². The van der Waals surface area contributed by atoms with Gasteiger partial charge in [-0.2, -0.15) is 0 Å². The summed E-state index contributed by atoms with van der Waals surface area (Å²) in [6, 6.07) is 21.3. The monoisotopic (exact) mass is 463 g/mol. The molecule has 0 fully saturated rings. The minimum absolute atomic E-state index is 0.0385. The van der Waals surface area contributed by atoms with Gasteiger partial charge in [0.15, 0.2) is 11.5 Å². The Kier molecular flexibility index (Phi) is 6.02. The van der Waals surface area contributed by atoms with E-state index in [1.807, 2.05) is 6.07 Å². The number of ether oxygens (including phenoxy) is 2. The third-order valence-corrected chi connectivity index (χ3v) is 6.99. The first-order valence-electron chi connectivity index (χ1n) is 10.1. The van der Waals surface area contributed by atoms with E-state index in [-0.39, 0.29) is 34.0 Å². The summed E-state index contributed by atoms with van der Waals surface area (Å²) in [4.78, 5) is 25.6. The molecule has 0 N–H and O–H groups in total. The van der Waals surface area contributed by atoms with E-state index in [1.165, 1.54) is 38.3 Å². The highest BCUT2D eigenvalue weighted by atomic mass is 32.2. The van der Waals surface area contributed by atoms with Crippen molar-refractivity contribution in [2.45, 2.75) is 18.4 Å². The van der Waals surface area contributed by atoms with Crippen molar-refractivity contribution in [1.29, 1.82) is 0 Å². The molecule has 7 nitrogen and oxygen atoms in total. The molecule has 0 saturated heterocycles. The number of ketones is 1. The molecule has 1 aliphatic heterocycles. The highest BCUT2D eigenvalue weighted by molar-refractivity contribution is 7.89. The summed E-state index contributed by atoms with van der Waals surface area (Å²) >= 11 is 0. The molecule has 3 aromatic carbocycles. The van der Waals surface area contributed by atoms with Crippen LogP contribution in [-0.2, 0) is 26.1 Å². The van der Waals surface area contributed by atoms with E-state index in [4.69, 9.17) is 9.47 Å². The zero-order valence-electron chi connectivity index (χ0n) is 18.0. The van der Waals surface area contributed by atoms with Crippen LogP contribution in [0.2, 0.25) is 0 Å². The first kappa shape index (κ1) is 22.3. The summed E-state index contributed by atoms with van der Waals surface area (Å²) in [5.74, 6) is -0.787. The minimum atomic E-state index is -4.07. The normalized spacial score (nSPS) is 14.4. The van der Waals surface area contributed by atoms with E-state index in [9.17, 15) is 18.0 Å². The molecule has 4 rings (SSSR count). The standard InChI is InChI=1S/C25H21NO6S/c1-17(27)23-24(32-25(28)19-12-14-20(31-2)15-13-19)21-10-6-7-11-22(21)33(29,30)26(23)16-18-8-4-3-5-9-18/h3-15H,16H2,1-2H3. The molecule has 0 aliphatic carbocycles. The van der Waals surface area contributed by atoms with Crippen LogP contribution in [0.3, 0.4) is 0 Å². The van der Waals surface area contributed by atoms with E-state index in [1.54, 1.807) is 48.5 Å². The van der Waals surface area contributed by atoms with Crippen LogP contribution in [0.15, 0.2) is 89.5 Å². The molecule has 0 aromatic heterocycles. The summed E-state index contributed by atoms with van der Waals surface area (Å²) in [5.41, 5.74) is 0.875. The zero-order chi connectivity index (χ0) is 23.6. The second-order valence-corrected chi connectivity index (χ2v) is 9.18. The molecule has 0 radical (unpaired) electrons. The molecule has 1 aliphatic rings. The summed E-state index contributed by atoms with van der Waals surface area (Å²) in [7, 11) is -2.56. The predicted octanol–water partition coefficient (Wildman–Crippen LogP) is 4.01. The van der Waals surface area contributed by atoms with Gasteiger partial charge in [-0.05, 0) is 42.0 Å². The second kappa shape index (κ2) is 8.91. The van der Waals surface area contributed by atoms with Crippen molar-refractivity contribution in [3.05, 3.63) is 101 Å². The zero-order valence-corrected chi connectivity index (χ0v) is 18.8. The molecule has 3 aromatic rings.